The molecule has 0 aromatic heterocycles. The van der Waals surface area contributed by atoms with Gasteiger partial charge >= 0.3 is 6.18 Å². The molecule has 0 atom stereocenters. The van der Waals surface area contributed by atoms with Crippen molar-refractivity contribution in [3.8, 4) is 0 Å². The van der Waals surface area contributed by atoms with E-state index in [1.807, 2.05) is 0 Å². The van der Waals surface area contributed by atoms with Gasteiger partial charge in [0, 0.05) is 22.3 Å². The standard InChI is InChI=1S/C17H13ClF3NO/c1-11-7-8-13(18)9-14(11)22-16(17(19,20)21)10-15(23)12-5-3-2-4-6-12/h2-10,22H,1H3. The molecule has 0 aliphatic carbocycles. The second-order valence-corrected chi connectivity index (χ2v) is 5.31. The number of nitrogens with one attached hydrogen (secondary N) is 1. The van der Waals surface area contributed by atoms with Crippen molar-refractivity contribution in [3.63, 3.8) is 0 Å². The smallest absolute Gasteiger partial charge is 0.351 e. The summed E-state index contributed by atoms with van der Waals surface area (Å²) in [6, 6.07) is 12.3. The Morgan fingerprint density at radius 2 is 1.78 bits per heavy atom. The third kappa shape index (κ3) is 4.60. The van der Waals surface area contributed by atoms with Crippen molar-refractivity contribution < 1.29 is 18.0 Å². The van der Waals surface area contributed by atoms with E-state index >= 15 is 0 Å². The molecule has 0 aliphatic heterocycles. The molecule has 2 aromatic carbocycles. The van der Waals surface area contributed by atoms with Gasteiger partial charge in [-0.2, -0.15) is 13.2 Å². The van der Waals surface area contributed by atoms with Gasteiger partial charge in [-0.3, -0.25) is 4.79 Å². The Balaban J connectivity index is 2.36. The van der Waals surface area contributed by atoms with Crippen molar-refractivity contribution in [2.45, 2.75) is 13.1 Å². The Labute approximate surface area is 136 Å². The summed E-state index contributed by atoms with van der Waals surface area (Å²) in [7, 11) is 0. The number of ketones is 1. The molecular formula is C17H13ClF3NO. The van der Waals surface area contributed by atoms with Crippen LogP contribution >= 0.6 is 11.6 Å². The first-order chi connectivity index (χ1) is 10.8. The highest BCUT2D eigenvalue weighted by molar-refractivity contribution is 6.30. The maximum atomic E-state index is 13.2. The van der Waals surface area contributed by atoms with Gasteiger partial charge in [0.2, 0.25) is 0 Å². The van der Waals surface area contributed by atoms with Crippen LogP contribution in [0.3, 0.4) is 0 Å². The maximum absolute atomic E-state index is 13.2. The number of alkyl halides is 3. The fraction of sp³-hybridized carbons (Fsp3) is 0.118. The molecule has 0 bridgehead atoms. The zero-order chi connectivity index (χ0) is 17.0. The number of rotatable bonds is 4. The SMILES string of the molecule is Cc1ccc(Cl)cc1NC(=CC(=O)c1ccccc1)C(F)(F)F. The second-order valence-electron chi connectivity index (χ2n) is 4.87. The summed E-state index contributed by atoms with van der Waals surface area (Å²) < 4.78 is 39.6. The Bertz CT molecular complexity index is 739. The molecule has 0 radical (unpaired) electrons. The average Bonchev–Trinajstić information content (AvgIpc) is 2.50. The number of halogens is 4. The van der Waals surface area contributed by atoms with E-state index < -0.39 is 17.7 Å². The van der Waals surface area contributed by atoms with E-state index in [1.54, 1.807) is 37.3 Å². The van der Waals surface area contributed by atoms with E-state index in [4.69, 9.17) is 11.6 Å². The molecule has 2 nitrogen and oxygen atoms in total. The molecule has 0 aliphatic rings. The van der Waals surface area contributed by atoms with Crippen LogP contribution in [0.4, 0.5) is 18.9 Å². The van der Waals surface area contributed by atoms with Crippen molar-refractivity contribution in [3.05, 3.63) is 76.5 Å². The van der Waals surface area contributed by atoms with Crippen LogP contribution in [0.25, 0.3) is 0 Å². The maximum Gasteiger partial charge on any atom is 0.431 e. The van der Waals surface area contributed by atoms with Gasteiger partial charge < -0.3 is 5.32 Å². The highest BCUT2D eigenvalue weighted by atomic mass is 35.5. The van der Waals surface area contributed by atoms with Crippen LogP contribution in [0.1, 0.15) is 15.9 Å². The molecule has 0 unspecified atom stereocenters. The van der Waals surface area contributed by atoms with Crippen LogP contribution in [0.15, 0.2) is 60.3 Å². The van der Waals surface area contributed by atoms with E-state index in [0.717, 1.165) is 0 Å². The minimum absolute atomic E-state index is 0.180. The van der Waals surface area contributed by atoms with Crippen LogP contribution < -0.4 is 5.32 Å². The third-order valence-electron chi connectivity index (χ3n) is 3.11. The van der Waals surface area contributed by atoms with Crippen LogP contribution in [0.5, 0.6) is 0 Å². The number of aryl methyl sites for hydroxylation is 1. The van der Waals surface area contributed by atoms with E-state index in [1.165, 1.54) is 18.2 Å². The molecule has 0 spiro atoms. The normalized spacial score (nSPS) is 12.1. The van der Waals surface area contributed by atoms with E-state index in [-0.39, 0.29) is 11.3 Å². The quantitative estimate of drug-likeness (QED) is 0.597. The number of benzene rings is 2. The highest BCUT2D eigenvalue weighted by Gasteiger charge is 2.35. The van der Waals surface area contributed by atoms with Gasteiger partial charge in [-0.05, 0) is 24.6 Å². The van der Waals surface area contributed by atoms with E-state index in [2.05, 4.69) is 5.32 Å². The lowest BCUT2D eigenvalue weighted by Gasteiger charge is -2.16. The summed E-state index contributed by atoms with van der Waals surface area (Å²) in [5.41, 5.74) is -0.186. The van der Waals surface area contributed by atoms with E-state index in [0.29, 0.717) is 16.7 Å². The van der Waals surface area contributed by atoms with Crippen LogP contribution in [-0.2, 0) is 0 Å². The number of anilines is 1. The molecule has 0 heterocycles. The lowest BCUT2D eigenvalue weighted by molar-refractivity contribution is -0.0903. The predicted octanol–water partition coefficient (Wildman–Crippen LogP) is 5.39. The Morgan fingerprint density at radius 1 is 1.13 bits per heavy atom. The molecule has 120 valence electrons. The van der Waals surface area contributed by atoms with Crippen LogP contribution in [-0.4, -0.2) is 12.0 Å². The Kier molecular flexibility index (Phi) is 5.11. The molecule has 2 rings (SSSR count). The van der Waals surface area contributed by atoms with Crippen LogP contribution in [0.2, 0.25) is 5.02 Å². The predicted molar refractivity (Wildman–Crippen MR) is 84.7 cm³/mol. The van der Waals surface area contributed by atoms with Crippen molar-refractivity contribution in [2.75, 3.05) is 5.32 Å². The number of hydrogen-bond acceptors (Lipinski definition) is 2. The Hall–Kier alpha value is -2.27. The van der Waals surface area contributed by atoms with Gasteiger partial charge in [0.1, 0.15) is 5.70 Å². The monoisotopic (exact) mass is 339 g/mol. The van der Waals surface area contributed by atoms with Gasteiger partial charge in [0.05, 0.1) is 0 Å². The molecule has 0 saturated carbocycles. The van der Waals surface area contributed by atoms with Crippen molar-refractivity contribution in [2.24, 2.45) is 0 Å². The summed E-state index contributed by atoms with van der Waals surface area (Å²) in [5.74, 6) is -0.731. The first-order valence-electron chi connectivity index (χ1n) is 6.69. The third-order valence-corrected chi connectivity index (χ3v) is 3.34. The van der Waals surface area contributed by atoms with Crippen molar-refractivity contribution in [1.29, 1.82) is 0 Å². The molecule has 0 saturated heterocycles. The fourth-order valence-corrected chi connectivity index (χ4v) is 2.05. The van der Waals surface area contributed by atoms with Gasteiger partial charge in [-0.1, -0.05) is 48.0 Å². The van der Waals surface area contributed by atoms with Crippen molar-refractivity contribution >= 4 is 23.1 Å². The first-order valence-corrected chi connectivity index (χ1v) is 7.06. The summed E-state index contributed by atoms with van der Waals surface area (Å²) >= 11 is 5.81. The zero-order valence-corrected chi connectivity index (χ0v) is 12.9. The highest BCUT2D eigenvalue weighted by Crippen LogP contribution is 2.30. The molecule has 0 fully saturated rings. The molecule has 2 aromatic rings. The summed E-state index contributed by atoms with van der Waals surface area (Å²) in [5, 5.41) is 2.56. The first kappa shape index (κ1) is 17.1. The number of allylic oxidation sites excluding steroid dienone is 2. The largest absolute Gasteiger partial charge is 0.431 e. The molecule has 6 heteroatoms. The van der Waals surface area contributed by atoms with Crippen molar-refractivity contribution in [1.82, 2.24) is 0 Å². The minimum atomic E-state index is -4.70. The topological polar surface area (TPSA) is 29.1 Å². The molecule has 1 N–H and O–H groups in total. The Morgan fingerprint density at radius 3 is 2.39 bits per heavy atom. The van der Waals surface area contributed by atoms with Gasteiger partial charge in [0.15, 0.2) is 5.78 Å². The average molecular weight is 340 g/mol. The fourth-order valence-electron chi connectivity index (χ4n) is 1.88. The molecule has 23 heavy (non-hydrogen) atoms. The lowest BCUT2D eigenvalue weighted by atomic mass is 10.1. The lowest BCUT2D eigenvalue weighted by Crippen LogP contribution is -2.21. The van der Waals surface area contributed by atoms with E-state index in [9.17, 15) is 18.0 Å². The van der Waals surface area contributed by atoms with Gasteiger partial charge in [-0.25, -0.2) is 0 Å². The number of carbonyl (C=O) groups excluding carboxylic acids is 1. The number of carbonyl (C=O) groups is 1. The molecule has 0 amide bonds. The summed E-state index contributed by atoms with van der Waals surface area (Å²) in [6.07, 6.45) is -4.14. The van der Waals surface area contributed by atoms with Crippen LogP contribution in [0, 0.1) is 6.92 Å². The molecular weight excluding hydrogens is 327 g/mol. The summed E-state index contributed by atoms with van der Waals surface area (Å²) in [6.45, 7) is 1.64. The summed E-state index contributed by atoms with van der Waals surface area (Å²) in [4.78, 5) is 12.0. The zero-order valence-electron chi connectivity index (χ0n) is 12.1. The number of hydrogen-bond donors (Lipinski definition) is 1. The second kappa shape index (κ2) is 6.87. The minimum Gasteiger partial charge on any atom is -0.351 e. The van der Waals surface area contributed by atoms with Gasteiger partial charge in [-0.15, -0.1) is 0 Å². The van der Waals surface area contributed by atoms with Gasteiger partial charge in [0.25, 0.3) is 0 Å².